The number of carboxylic acid groups (broad SMARTS) is 1. The van der Waals surface area contributed by atoms with Crippen LogP contribution in [0.2, 0.25) is 0 Å². The number of hydrogen-bond donors (Lipinski definition) is 2. The summed E-state index contributed by atoms with van der Waals surface area (Å²) >= 11 is 0. The molecule has 1 saturated heterocycles. The molecule has 1 aromatic rings. The molecule has 2 N–H and O–H groups in total. The normalized spacial score (nSPS) is 20.2. The lowest BCUT2D eigenvalue weighted by Gasteiger charge is -2.29. The van der Waals surface area contributed by atoms with Crippen LogP contribution in [0.5, 0.6) is 0 Å². The second kappa shape index (κ2) is 3.42. The Morgan fingerprint density at radius 3 is 2.79 bits per heavy atom. The van der Waals surface area contributed by atoms with E-state index in [9.17, 15) is 4.79 Å². The van der Waals surface area contributed by atoms with Crippen LogP contribution in [0.25, 0.3) is 0 Å². The van der Waals surface area contributed by atoms with Crippen LogP contribution < -0.4 is 5.32 Å². The highest BCUT2D eigenvalue weighted by Gasteiger charge is 2.23. The van der Waals surface area contributed by atoms with Crippen molar-refractivity contribution in [2.45, 2.75) is 19.4 Å². The molecule has 0 radical (unpaired) electrons. The Hall–Kier alpha value is -1.35. The summed E-state index contributed by atoms with van der Waals surface area (Å²) in [4.78, 5) is 11.0. The quantitative estimate of drug-likeness (QED) is 0.748. The van der Waals surface area contributed by atoms with Crippen LogP contribution in [-0.4, -0.2) is 17.6 Å². The number of benzene rings is 1. The maximum Gasteiger partial charge on any atom is 0.336 e. The third kappa shape index (κ3) is 1.51. The van der Waals surface area contributed by atoms with Gasteiger partial charge >= 0.3 is 5.97 Å². The van der Waals surface area contributed by atoms with Crippen molar-refractivity contribution in [1.82, 2.24) is 5.32 Å². The van der Waals surface area contributed by atoms with Crippen molar-refractivity contribution in [1.29, 1.82) is 0 Å². The van der Waals surface area contributed by atoms with Crippen LogP contribution in [-0.2, 0) is 0 Å². The maximum atomic E-state index is 11.0. The van der Waals surface area contributed by atoms with Crippen molar-refractivity contribution in [2.75, 3.05) is 6.54 Å². The SMILES string of the molecule is Cc1ccc(C2CCN2)c(C(=O)O)c1. The molecule has 1 unspecified atom stereocenters. The zero-order valence-electron chi connectivity index (χ0n) is 8.08. The van der Waals surface area contributed by atoms with Crippen LogP contribution in [0.4, 0.5) is 0 Å². The van der Waals surface area contributed by atoms with Crippen molar-refractivity contribution < 1.29 is 9.90 Å². The Labute approximate surface area is 82.8 Å². The van der Waals surface area contributed by atoms with Gasteiger partial charge in [-0.15, -0.1) is 0 Å². The zero-order valence-corrected chi connectivity index (χ0v) is 8.08. The number of aryl methyl sites for hydroxylation is 1. The fourth-order valence-electron chi connectivity index (χ4n) is 1.71. The molecule has 0 spiro atoms. The highest BCUT2D eigenvalue weighted by Crippen LogP contribution is 2.26. The van der Waals surface area contributed by atoms with Crippen LogP contribution >= 0.6 is 0 Å². The minimum atomic E-state index is -0.836. The van der Waals surface area contributed by atoms with Crippen molar-refractivity contribution in [2.24, 2.45) is 0 Å². The van der Waals surface area contributed by atoms with Gasteiger partial charge in [0.05, 0.1) is 5.56 Å². The molecule has 0 saturated carbocycles. The predicted molar refractivity (Wildman–Crippen MR) is 53.5 cm³/mol. The largest absolute Gasteiger partial charge is 0.478 e. The first-order chi connectivity index (χ1) is 6.68. The molecule has 1 aliphatic heterocycles. The lowest BCUT2D eigenvalue weighted by molar-refractivity contribution is 0.0694. The number of nitrogens with one attached hydrogen (secondary N) is 1. The van der Waals surface area contributed by atoms with Gasteiger partial charge < -0.3 is 10.4 Å². The molecule has 14 heavy (non-hydrogen) atoms. The van der Waals surface area contributed by atoms with E-state index in [1.807, 2.05) is 19.1 Å². The molecule has 3 heteroatoms. The highest BCUT2D eigenvalue weighted by atomic mass is 16.4. The van der Waals surface area contributed by atoms with E-state index in [-0.39, 0.29) is 6.04 Å². The van der Waals surface area contributed by atoms with E-state index in [0.29, 0.717) is 5.56 Å². The summed E-state index contributed by atoms with van der Waals surface area (Å²) in [6.07, 6.45) is 1.03. The highest BCUT2D eigenvalue weighted by molar-refractivity contribution is 5.89. The summed E-state index contributed by atoms with van der Waals surface area (Å²) < 4.78 is 0. The average molecular weight is 191 g/mol. The molecular formula is C11H13NO2. The van der Waals surface area contributed by atoms with Gasteiger partial charge in [0.2, 0.25) is 0 Å². The minimum absolute atomic E-state index is 0.238. The Morgan fingerprint density at radius 2 is 2.29 bits per heavy atom. The van der Waals surface area contributed by atoms with Crippen LogP contribution in [0.1, 0.15) is 33.9 Å². The standard InChI is InChI=1S/C11H13NO2/c1-7-2-3-8(10-4-5-12-10)9(6-7)11(13)14/h2-3,6,10,12H,4-5H2,1H3,(H,13,14). The van der Waals surface area contributed by atoms with Gasteiger partial charge in [-0.3, -0.25) is 0 Å². The summed E-state index contributed by atoms with van der Waals surface area (Å²) in [5.74, 6) is -0.836. The van der Waals surface area contributed by atoms with E-state index < -0.39 is 5.97 Å². The molecule has 1 fully saturated rings. The summed E-state index contributed by atoms with van der Waals surface area (Å²) in [7, 11) is 0. The number of rotatable bonds is 2. The van der Waals surface area contributed by atoms with Crippen LogP contribution in [0.15, 0.2) is 18.2 Å². The first kappa shape index (κ1) is 9.21. The van der Waals surface area contributed by atoms with E-state index in [1.54, 1.807) is 6.07 Å². The Morgan fingerprint density at radius 1 is 1.57 bits per heavy atom. The van der Waals surface area contributed by atoms with Gasteiger partial charge in [-0.1, -0.05) is 17.7 Å². The molecule has 1 atom stereocenters. The topological polar surface area (TPSA) is 49.3 Å². The van der Waals surface area contributed by atoms with E-state index in [2.05, 4.69) is 5.32 Å². The minimum Gasteiger partial charge on any atom is -0.478 e. The Bertz CT molecular complexity index is 370. The number of hydrogen-bond acceptors (Lipinski definition) is 2. The van der Waals surface area contributed by atoms with Crippen molar-refractivity contribution in [3.8, 4) is 0 Å². The van der Waals surface area contributed by atoms with Gasteiger partial charge in [0.1, 0.15) is 0 Å². The Balaban J connectivity index is 2.41. The molecule has 0 aromatic heterocycles. The van der Waals surface area contributed by atoms with Crippen LogP contribution in [0.3, 0.4) is 0 Å². The van der Waals surface area contributed by atoms with Gasteiger partial charge in [0, 0.05) is 6.04 Å². The third-order valence-electron chi connectivity index (χ3n) is 2.64. The van der Waals surface area contributed by atoms with Gasteiger partial charge in [-0.25, -0.2) is 4.79 Å². The Kier molecular flexibility index (Phi) is 2.25. The summed E-state index contributed by atoms with van der Waals surface area (Å²) in [6, 6.07) is 5.84. The molecule has 74 valence electrons. The van der Waals surface area contributed by atoms with Crippen molar-refractivity contribution in [3.05, 3.63) is 34.9 Å². The lowest BCUT2D eigenvalue weighted by atomic mass is 9.92. The molecule has 0 bridgehead atoms. The molecule has 1 aliphatic rings. The molecule has 2 rings (SSSR count). The summed E-state index contributed by atoms with van der Waals surface area (Å²) in [5, 5.41) is 12.2. The van der Waals surface area contributed by atoms with Crippen molar-refractivity contribution >= 4 is 5.97 Å². The van der Waals surface area contributed by atoms with E-state index in [1.165, 1.54) is 0 Å². The summed E-state index contributed by atoms with van der Waals surface area (Å²) in [5.41, 5.74) is 2.34. The second-order valence-electron chi connectivity index (χ2n) is 3.69. The fraction of sp³-hybridized carbons (Fsp3) is 0.364. The van der Waals surface area contributed by atoms with Gasteiger partial charge in [-0.2, -0.15) is 0 Å². The van der Waals surface area contributed by atoms with Crippen LogP contribution in [0, 0.1) is 6.92 Å². The number of aromatic carboxylic acids is 1. The van der Waals surface area contributed by atoms with Gasteiger partial charge in [0.25, 0.3) is 0 Å². The molecule has 1 heterocycles. The fourth-order valence-corrected chi connectivity index (χ4v) is 1.71. The second-order valence-corrected chi connectivity index (χ2v) is 3.69. The van der Waals surface area contributed by atoms with Crippen molar-refractivity contribution in [3.63, 3.8) is 0 Å². The first-order valence-electron chi connectivity index (χ1n) is 4.75. The van der Waals surface area contributed by atoms with E-state index in [0.717, 1.165) is 24.1 Å². The predicted octanol–water partition coefficient (Wildman–Crippen LogP) is 1.73. The maximum absolute atomic E-state index is 11.0. The lowest BCUT2D eigenvalue weighted by Crippen LogP contribution is -2.36. The smallest absolute Gasteiger partial charge is 0.336 e. The molecular weight excluding hydrogens is 178 g/mol. The monoisotopic (exact) mass is 191 g/mol. The zero-order chi connectivity index (χ0) is 10.1. The average Bonchev–Trinajstić information content (AvgIpc) is 2.04. The molecule has 3 nitrogen and oxygen atoms in total. The third-order valence-corrected chi connectivity index (χ3v) is 2.64. The molecule has 1 aromatic carbocycles. The van der Waals surface area contributed by atoms with E-state index in [4.69, 9.17) is 5.11 Å². The molecule has 0 amide bonds. The molecule has 0 aliphatic carbocycles. The van der Waals surface area contributed by atoms with Gasteiger partial charge in [-0.05, 0) is 31.5 Å². The number of carbonyl (C=O) groups is 1. The van der Waals surface area contributed by atoms with Gasteiger partial charge in [0.15, 0.2) is 0 Å². The summed E-state index contributed by atoms with van der Waals surface area (Å²) in [6.45, 7) is 2.89. The van der Waals surface area contributed by atoms with E-state index >= 15 is 0 Å². The first-order valence-corrected chi connectivity index (χ1v) is 4.75. The number of carboxylic acids is 1.